The van der Waals surface area contributed by atoms with Gasteiger partial charge < -0.3 is 10.2 Å². The van der Waals surface area contributed by atoms with Gasteiger partial charge in [0.15, 0.2) is 5.82 Å². The quantitative estimate of drug-likeness (QED) is 0.900. The standard InChI is InChI=1S/C17H27N5O/c23-17(18-14-8-9-14)22-10-4-7-13(11-22)16-19-15(20-21-16)12-5-2-1-3-6-12/h12-14H,1-11H2,(H,18,23)(H,19,20,21)/t13-/m1/s1. The van der Waals surface area contributed by atoms with Crippen LogP contribution < -0.4 is 5.32 Å². The third-order valence-corrected chi connectivity index (χ3v) is 5.49. The lowest BCUT2D eigenvalue weighted by molar-refractivity contribution is 0.178. The molecular weight excluding hydrogens is 290 g/mol. The summed E-state index contributed by atoms with van der Waals surface area (Å²) in [5.41, 5.74) is 0. The van der Waals surface area contributed by atoms with Crippen LogP contribution in [0.2, 0.25) is 0 Å². The second-order valence-electron chi connectivity index (χ2n) is 7.42. The lowest BCUT2D eigenvalue weighted by atomic mass is 9.89. The molecule has 3 aliphatic rings. The van der Waals surface area contributed by atoms with Crippen LogP contribution >= 0.6 is 0 Å². The van der Waals surface area contributed by atoms with Crippen molar-refractivity contribution < 1.29 is 4.79 Å². The minimum absolute atomic E-state index is 0.0974. The number of hydrogen-bond donors (Lipinski definition) is 2. The van der Waals surface area contributed by atoms with Crippen LogP contribution in [0.1, 0.15) is 81.3 Å². The van der Waals surface area contributed by atoms with E-state index in [-0.39, 0.29) is 11.9 Å². The van der Waals surface area contributed by atoms with Gasteiger partial charge in [-0.25, -0.2) is 9.78 Å². The first-order chi connectivity index (χ1) is 11.3. The molecule has 6 nitrogen and oxygen atoms in total. The number of aromatic nitrogens is 3. The topological polar surface area (TPSA) is 73.9 Å². The van der Waals surface area contributed by atoms with Gasteiger partial charge in [-0.1, -0.05) is 19.3 Å². The Morgan fingerprint density at radius 3 is 2.61 bits per heavy atom. The van der Waals surface area contributed by atoms with Crippen LogP contribution in [-0.2, 0) is 0 Å². The zero-order chi connectivity index (χ0) is 15.6. The van der Waals surface area contributed by atoms with Gasteiger partial charge in [0, 0.05) is 31.0 Å². The average Bonchev–Trinajstić information content (AvgIpc) is 3.27. The van der Waals surface area contributed by atoms with Gasteiger partial charge in [-0.15, -0.1) is 0 Å². The number of piperidine rings is 1. The Balaban J connectivity index is 1.38. The zero-order valence-electron chi connectivity index (χ0n) is 13.8. The summed E-state index contributed by atoms with van der Waals surface area (Å²) in [6.45, 7) is 1.61. The van der Waals surface area contributed by atoms with Gasteiger partial charge in [0.1, 0.15) is 5.82 Å². The van der Waals surface area contributed by atoms with E-state index in [2.05, 4.69) is 15.5 Å². The number of nitrogens with one attached hydrogen (secondary N) is 2. The Morgan fingerprint density at radius 2 is 1.83 bits per heavy atom. The molecule has 126 valence electrons. The molecule has 23 heavy (non-hydrogen) atoms. The number of aromatic amines is 1. The lowest BCUT2D eigenvalue weighted by Gasteiger charge is -2.31. The maximum absolute atomic E-state index is 12.2. The van der Waals surface area contributed by atoms with Gasteiger partial charge in [0.25, 0.3) is 0 Å². The number of urea groups is 1. The normalized spacial score (nSPS) is 26.3. The Labute approximate surface area is 137 Å². The molecule has 4 rings (SSSR count). The van der Waals surface area contributed by atoms with Crippen LogP contribution in [0.25, 0.3) is 0 Å². The second-order valence-corrected chi connectivity index (χ2v) is 7.42. The monoisotopic (exact) mass is 317 g/mol. The highest BCUT2D eigenvalue weighted by Gasteiger charge is 2.31. The number of rotatable bonds is 3. The molecule has 0 bridgehead atoms. The first-order valence-corrected chi connectivity index (χ1v) is 9.27. The van der Waals surface area contributed by atoms with E-state index < -0.39 is 0 Å². The van der Waals surface area contributed by atoms with Gasteiger partial charge in [0.05, 0.1) is 0 Å². The summed E-state index contributed by atoms with van der Waals surface area (Å²) in [4.78, 5) is 19.0. The van der Waals surface area contributed by atoms with Crippen molar-refractivity contribution in [2.24, 2.45) is 0 Å². The van der Waals surface area contributed by atoms with Crippen molar-refractivity contribution in [3.8, 4) is 0 Å². The molecule has 1 aromatic rings. The van der Waals surface area contributed by atoms with E-state index in [1.165, 1.54) is 32.1 Å². The number of carbonyl (C=O) groups is 1. The molecule has 0 spiro atoms. The van der Waals surface area contributed by atoms with Crippen molar-refractivity contribution in [2.75, 3.05) is 13.1 Å². The fourth-order valence-electron chi connectivity index (χ4n) is 3.90. The molecule has 2 amide bonds. The van der Waals surface area contributed by atoms with E-state index in [0.717, 1.165) is 50.4 Å². The molecule has 2 N–H and O–H groups in total. The zero-order valence-corrected chi connectivity index (χ0v) is 13.8. The summed E-state index contributed by atoms with van der Waals surface area (Å²) >= 11 is 0. The molecule has 2 aliphatic carbocycles. The molecule has 0 radical (unpaired) electrons. The lowest BCUT2D eigenvalue weighted by Crippen LogP contribution is -2.45. The molecule has 3 fully saturated rings. The SMILES string of the molecule is O=C(NC1CC1)N1CCC[C@@H](c2n[nH]c(C3CCCCC3)n2)C1. The summed E-state index contributed by atoms with van der Waals surface area (Å²) in [5, 5.41) is 10.8. The van der Waals surface area contributed by atoms with Gasteiger partial charge in [-0.05, 0) is 38.5 Å². The average molecular weight is 317 g/mol. The molecule has 1 saturated heterocycles. The molecule has 0 aromatic carbocycles. The molecular formula is C17H27N5O. The van der Waals surface area contributed by atoms with E-state index in [1.54, 1.807) is 0 Å². The van der Waals surface area contributed by atoms with Crippen LogP contribution in [0, 0.1) is 0 Å². The van der Waals surface area contributed by atoms with Crippen LogP contribution in [0.3, 0.4) is 0 Å². The predicted octanol–water partition coefficient (Wildman–Crippen LogP) is 2.90. The Hall–Kier alpha value is -1.59. The molecule has 2 heterocycles. The number of amides is 2. The van der Waals surface area contributed by atoms with Crippen molar-refractivity contribution >= 4 is 6.03 Å². The number of carbonyl (C=O) groups excluding carboxylic acids is 1. The number of nitrogens with zero attached hydrogens (tertiary/aromatic N) is 3. The van der Waals surface area contributed by atoms with Crippen LogP contribution in [-0.4, -0.2) is 45.2 Å². The van der Waals surface area contributed by atoms with Gasteiger partial charge in [0.2, 0.25) is 0 Å². The number of H-pyrrole nitrogens is 1. The largest absolute Gasteiger partial charge is 0.335 e. The maximum atomic E-state index is 12.2. The van der Waals surface area contributed by atoms with Crippen LogP contribution in [0.15, 0.2) is 0 Å². The highest BCUT2D eigenvalue weighted by atomic mass is 16.2. The van der Waals surface area contributed by atoms with Crippen molar-refractivity contribution in [3.63, 3.8) is 0 Å². The van der Waals surface area contributed by atoms with Crippen molar-refractivity contribution in [3.05, 3.63) is 11.6 Å². The predicted molar refractivity (Wildman–Crippen MR) is 87.3 cm³/mol. The minimum atomic E-state index is 0.0974. The van der Waals surface area contributed by atoms with E-state index >= 15 is 0 Å². The van der Waals surface area contributed by atoms with E-state index in [0.29, 0.717) is 12.0 Å². The van der Waals surface area contributed by atoms with Gasteiger partial charge in [-0.2, -0.15) is 5.10 Å². The van der Waals surface area contributed by atoms with Gasteiger partial charge >= 0.3 is 6.03 Å². The molecule has 2 saturated carbocycles. The third kappa shape index (κ3) is 3.51. The van der Waals surface area contributed by atoms with Crippen LogP contribution in [0.4, 0.5) is 4.79 Å². The Bertz CT molecular complexity index is 547. The van der Waals surface area contributed by atoms with E-state index in [9.17, 15) is 4.79 Å². The summed E-state index contributed by atoms with van der Waals surface area (Å²) < 4.78 is 0. The number of likely N-dealkylation sites (tertiary alicyclic amines) is 1. The first-order valence-electron chi connectivity index (χ1n) is 9.27. The third-order valence-electron chi connectivity index (χ3n) is 5.49. The van der Waals surface area contributed by atoms with Gasteiger partial charge in [-0.3, -0.25) is 5.10 Å². The summed E-state index contributed by atoms with van der Waals surface area (Å²) in [5.74, 6) is 2.82. The van der Waals surface area contributed by atoms with E-state index in [4.69, 9.17) is 4.98 Å². The van der Waals surface area contributed by atoms with Crippen molar-refractivity contribution in [1.82, 2.24) is 25.4 Å². The summed E-state index contributed by atoms with van der Waals surface area (Å²) in [6, 6.07) is 0.518. The second kappa shape index (κ2) is 6.49. The van der Waals surface area contributed by atoms with Crippen molar-refractivity contribution in [2.45, 2.75) is 75.7 Å². The summed E-state index contributed by atoms with van der Waals surface area (Å²) in [7, 11) is 0. The molecule has 6 heteroatoms. The smallest absolute Gasteiger partial charge is 0.317 e. The fourth-order valence-corrected chi connectivity index (χ4v) is 3.90. The highest BCUT2D eigenvalue weighted by molar-refractivity contribution is 5.75. The Morgan fingerprint density at radius 1 is 1.04 bits per heavy atom. The Kier molecular flexibility index (Phi) is 4.23. The first kappa shape index (κ1) is 15.0. The fraction of sp³-hybridized carbons (Fsp3) is 0.824. The molecule has 0 unspecified atom stereocenters. The minimum Gasteiger partial charge on any atom is -0.335 e. The van der Waals surface area contributed by atoms with E-state index in [1.807, 2.05) is 4.90 Å². The highest BCUT2D eigenvalue weighted by Crippen LogP contribution is 2.32. The molecule has 1 aliphatic heterocycles. The number of hydrogen-bond acceptors (Lipinski definition) is 3. The van der Waals surface area contributed by atoms with Crippen molar-refractivity contribution in [1.29, 1.82) is 0 Å². The molecule has 1 atom stereocenters. The summed E-state index contributed by atoms with van der Waals surface area (Å²) in [6.07, 6.45) is 10.8. The maximum Gasteiger partial charge on any atom is 0.317 e. The molecule has 1 aromatic heterocycles. The van der Waals surface area contributed by atoms with Crippen LogP contribution in [0.5, 0.6) is 0 Å².